The summed E-state index contributed by atoms with van der Waals surface area (Å²) in [4.78, 5) is 16.0. The van der Waals surface area contributed by atoms with Crippen LogP contribution in [-0.2, 0) is 6.54 Å². The van der Waals surface area contributed by atoms with Gasteiger partial charge in [0.05, 0.1) is 5.69 Å². The van der Waals surface area contributed by atoms with Gasteiger partial charge in [-0.2, -0.15) is 4.98 Å². The molecule has 0 amide bonds. The Morgan fingerprint density at radius 1 is 0.885 bits per heavy atom. The molecule has 5 nitrogen and oxygen atoms in total. The Kier molecular flexibility index (Phi) is 5.05. The second-order valence-corrected chi connectivity index (χ2v) is 6.56. The molecule has 26 heavy (non-hydrogen) atoms. The van der Waals surface area contributed by atoms with Crippen LogP contribution in [0, 0.1) is 0 Å². The molecule has 3 aromatic rings. The highest BCUT2D eigenvalue weighted by atomic mass is 15.2. The maximum atomic E-state index is 4.79. The van der Waals surface area contributed by atoms with E-state index in [-0.39, 0.29) is 0 Å². The lowest BCUT2D eigenvalue weighted by atomic mass is 10.1. The SMILES string of the molecule is c1ccc(-c2cc(N3CCCCC3)nc(NCc3ccncc3)n2)cc1. The van der Waals surface area contributed by atoms with Crippen molar-refractivity contribution in [1.29, 1.82) is 0 Å². The average Bonchev–Trinajstić information content (AvgIpc) is 2.74. The molecule has 5 heteroatoms. The lowest BCUT2D eigenvalue weighted by Crippen LogP contribution is -2.30. The van der Waals surface area contributed by atoms with Crippen LogP contribution in [0.5, 0.6) is 0 Å². The van der Waals surface area contributed by atoms with Crippen LogP contribution in [0.15, 0.2) is 60.9 Å². The van der Waals surface area contributed by atoms with Crippen LogP contribution >= 0.6 is 0 Å². The largest absolute Gasteiger partial charge is 0.356 e. The van der Waals surface area contributed by atoms with Gasteiger partial charge in [-0.1, -0.05) is 30.3 Å². The van der Waals surface area contributed by atoms with Gasteiger partial charge in [0.1, 0.15) is 5.82 Å². The van der Waals surface area contributed by atoms with Gasteiger partial charge in [0, 0.05) is 43.7 Å². The molecule has 0 spiro atoms. The normalized spacial score (nSPS) is 14.2. The molecule has 1 fully saturated rings. The van der Waals surface area contributed by atoms with E-state index in [0.717, 1.165) is 35.7 Å². The molecule has 3 heterocycles. The van der Waals surface area contributed by atoms with Gasteiger partial charge >= 0.3 is 0 Å². The van der Waals surface area contributed by atoms with Gasteiger partial charge in [0.2, 0.25) is 5.95 Å². The summed E-state index contributed by atoms with van der Waals surface area (Å²) in [6.45, 7) is 2.81. The fourth-order valence-corrected chi connectivity index (χ4v) is 3.24. The maximum absolute atomic E-state index is 4.79. The number of benzene rings is 1. The quantitative estimate of drug-likeness (QED) is 0.753. The first-order valence-corrected chi connectivity index (χ1v) is 9.21. The Bertz CT molecular complexity index is 830. The fraction of sp³-hybridized carbons (Fsp3) is 0.286. The van der Waals surface area contributed by atoms with Crippen molar-refractivity contribution in [3.8, 4) is 11.3 Å². The van der Waals surface area contributed by atoms with Crippen molar-refractivity contribution in [3.63, 3.8) is 0 Å². The zero-order chi connectivity index (χ0) is 17.6. The Morgan fingerprint density at radius 2 is 1.65 bits per heavy atom. The molecule has 1 aromatic carbocycles. The van der Waals surface area contributed by atoms with Gasteiger partial charge < -0.3 is 10.2 Å². The van der Waals surface area contributed by atoms with Gasteiger partial charge in [-0.05, 0) is 37.0 Å². The minimum Gasteiger partial charge on any atom is -0.356 e. The van der Waals surface area contributed by atoms with E-state index in [0.29, 0.717) is 12.5 Å². The second kappa shape index (κ2) is 7.95. The molecular weight excluding hydrogens is 322 g/mol. The summed E-state index contributed by atoms with van der Waals surface area (Å²) in [5.41, 5.74) is 3.23. The van der Waals surface area contributed by atoms with Gasteiger partial charge in [0.25, 0.3) is 0 Å². The van der Waals surface area contributed by atoms with Crippen molar-refractivity contribution in [2.24, 2.45) is 0 Å². The third kappa shape index (κ3) is 3.99. The second-order valence-electron chi connectivity index (χ2n) is 6.56. The van der Waals surface area contributed by atoms with Crippen LogP contribution < -0.4 is 10.2 Å². The molecule has 0 aliphatic carbocycles. The number of aromatic nitrogens is 3. The summed E-state index contributed by atoms with van der Waals surface area (Å²) in [5.74, 6) is 1.68. The highest BCUT2D eigenvalue weighted by Crippen LogP contribution is 2.25. The molecule has 0 radical (unpaired) electrons. The molecule has 2 aromatic heterocycles. The van der Waals surface area contributed by atoms with Crippen molar-refractivity contribution >= 4 is 11.8 Å². The molecule has 0 saturated carbocycles. The summed E-state index contributed by atoms with van der Waals surface area (Å²) >= 11 is 0. The van der Waals surface area contributed by atoms with E-state index < -0.39 is 0 Å². The van der Waals surface area contributed by atoms with E-state index in [1.807, 2.05) is 30.3 Å². The molecule has 1 aliphatic rings. The number of piperidine rings is 1. The predicted octanol–water partition coefficient (Wildman–Crippen LogP) is 4.14. The molecular formula is C21H23N5. The zero-order valence-corrected chi connectivity index (χ0v) is 14.8. The van der Waals surface area contributed by atoms with E-state index in [1.165, 1.54) is 19.3 Å². The summed E-state index contributed by atoms with van der Waals surface area (Å²) in [6, 6.07) is 16.4. The first-order valence-electron chi connectivity index (χ1n) is 9.21. The predicted molar refractivity (Wildman–Crippen MR) is 105 cm³/mol. The van der Waals surface area contributed by atoms with E-state index in [1.54, 1.807) is 12.4 Å². The van der Waals surface area contributed by atoms with E-state index in [9.17, 15) is 0 Å². The van der Waals surface area contributed by atoms with Crippen molar-refractivity contribution in [3.05, 3.63) is 66.5 Å². The lowest BCUT2D eigenvalue weighted by molar-refractivity contribution is 0.573. The van der Waals surface area contributed by atoms with Crippen LogP contribution in [0.1, 0.15) is 24.8 Å². The minimum absolute atomic E-state index is 0.670. The Balaban J connectivity index is 1.63. The smallest absolute Gasteiger partial charge is 0.225 e. The minimum atomic E-state index is 0.670. The van der Waals surface area contributed by atoms with Crippen molar-refractivity contribution in [1.82, 2.24) is 15.0 Å². The molecule has 1 saturated heterocycles. The molecule has 0 bridgehead atoms. The van der Waals surface area contributed by atoms with Gasteiger partial charge in [-0.15, -0.1) is 0 Å². The monoisotopic (exact) mass is 345 g/mol. The van der Waals surface area contributed by atoms with Crippen molar-refractivity contribution in [2.75, 3.05) is 23.3 Å². The van der Waals surface area contributed by atoms with Crippen LogP contribution in [0.3, 0.4) is 0 Å². The summed E-state index contributed by atoms with van der Waals surface area (Å²) in [5, 5.41) is 3.37. The Morgan fingerprint density at radius 3 is 2.42 bits per heavy atom. The standard InChI is InChI=1S/C21H23N5/c1-3-7-18(8-4-1)19-15-20(26-13-5-2-6-14-26)25-21(24-19)23-16-17-9-11-22-12-10-17/h1,3-4,7-12,15H,2,5-6,13-14,16H2,(H,23,24,25). The molecule has 0 unspecified atom stereocenters. The maximum Gasteiger partial charge on any atom is 0.225 e. The van der Waals surface area contributed by atoms with E-state index in [4.69, 9.17) is 9.97 Å². The summed E-state index contributed by atoms with van der Waals surface area (Å²) < 4.78 is 0. The van der Waals surface area contributed by atoms with Crippen LogP contribution in [0.2, 0.25) is 0 Å². The van der Waals surface area contributed by atoms with Gasteiger partial charge in [-0.25, -0.2) is 4.98 Å². The number of anilines is 2. The van der Waals surface area contributed by atoms with Crippen LogP contribution in [-0.4, -0.2) is 28.0 Å². The number of hydrogen-bond acceptors (Lipinski definition) is 5. The van der Waals surface area contributed by atoms with Crippen LogP contribution in [0.4, 0.5) is 11.8 Å². The number of rotatable bonds is 5. The third-order valence-electron chi connectivity index (χ3n) is 4.66. The highest BCUT2D eigenvalue weighted by molar-refractivity contribution is 5.64. The van der Waals surface area contributed by atoms with E-state index in [2.05, 4.69) is 33.4 Å². The van der Waals surface area contributed by atoms with Gasteiger partial charge in [0.15, 0.2) is 0 Å². The number of nitrogens with one attached hydrogen (secondary N) is 1. The lowest BCUT2D eigenvalue weighted by Gasteiger charge is -2.28. The molecule has 132 valence electrons. The molecule has 1 N–H and O–H groups in total. The number of pyridine rings is 1. The van der Waals surface area contributed by atoms with Crippen molar-refractivity contribution in [2.45, 2.75) is 25.8 Å². The Labute approximate surface area is 154 Å². The average molecular weight is 345 g/mol. The molecule has 0 atom stereocenters. The topological polar surface area (TPSA) is 53.9 Å². The number of hydrogen-bond donors (Lipinski definition) is 1. The zero-order valence-electron chi connectivity index (χ0n) is 14.8. The summed E-state index contributed by atoms with van der Waals surface area (Å²) in [7, 11) is 0. The first kappa shape index (κ1) is 16.5. The third-order valence-corrected chi connectivity index (χ3v) is 4.66. The number of nitrogens with zero attached hydrogens (tertiary/aromatic N) is 4. The Hall–Kier alpha value is -2.95. The van der Waals surface area contributed by atoms with E-state index >= 15 is 0 Å². The first-order chi connectivity index (χ1) is 12.9. The molecule has 4 rings (SSSR count). The van der Waals surface area contributed by atoms with Gasteiger partial charge in [-0.3, -0.25) is 4.98 Å². The molecule has 1 aliphatic heterocycles. The van der Waals surface area contributed by atoms with Crippen molar-refractivity contribution < 1.29 is 0 Å². The van der Waals surface area contributed by atoms with Crippen LogP contribution in [0.25, 0.3) is 11.3 Å². The fourth-order valence-electron chi connectivity index (χ4n) is 3.24. The highest BCUT2D eigenvalue weighted by Gasteiger charge is 2.15. The summed E-state index contributed by atoms with van der Waals surface area (Å²) in [6.07, 6.45) is 7.37.